The van der Waals surface area contributed by atoms with Crippen LogP contribution in [0.2, 0.25) is 0 Å². The summed E-state index contributed by atoms with van der Waals surface area (Å²) in [6.45, 7) is 10.6. The van der Waals surface area contributed by atoms with Crippen LogP contribution >= 0.6 is 0 Å². The van der Waals surface area contributed by atoms with Crippen LogP contribution < -0.4 is 5.56 Å². The van der Waals surface area contributed by atoms with Crippen molar-refractivity contribution >= 4 is 0 Å². The molecule has 1 rings (SSSR count). The minimum absolute atomic E-state index is 0.0822. The molecule has 0 amide bonds. The summed E-state index contributed by atoms with van der Waals surface area (Å²) in [5.41, 5.74) is 1.33. The SMILES string of the molecule is Cc1cc(CC(C)(C)CC(C)C)n(O)c(=O)c1. The molecule has 0 spiro atoms. The maximum absolute atomic E-state index is 11.5. The zero-order valence-corrected chi connectivity index (χ0v) is 11.4. The zero-order valence-electron chi connectivity index (χ0n) is 11.4. The summed E-state index contributed by atoms with van der Waals surface area (Å²) in [6, 6.07) is 3.32. The first-order valence-electron chi connectivity index (χ1n) is 6.13. The lowest BCUT2D eigenvalue weighted by Crippen LogP contribution is -2.26. The summed E-state index contributed by atoms with van der Waals surface area (Å²) < 4.78 is 0.773. The molecule has 17 heavy (non-hydrogen) atoms. The van der Waals surface area contributed by atoms with Crippen molar-refractivity contribution in [3.05, 3.63) is 33.7 Å². The van der Waals surface area contributed by atoms with Gasteiger partial charge in [0, 0.05) is 6.07 Å². The minimum Gasteiger partial charge on any atom is -0.425 e. The summed E-state index contributed by atoms with van der Waals surface area (Å²) in [5, 5.41) is 9.72. The Morgan fingerprint density at radius 2 is 1.94 bits per heavy atom. The van der Waals surface area contributed by atoms with Gasteiger partial charge in [-0.3, -0.25) is 4.79 Å². The standard InChI is InChI=1S/C14H23NO2/c1-10(2)8-14(4,5)9-12-6-11(3)7-13(16)15(12)17/h6-7,10,17H,8-9H2,1-5H3. The van der Waals surface area contributed by atoms with Crippen molar-refractivity contribution in [1.82, 2.24) is 4.73 Å². The van der Waals surface area contributed by atoms with E-state index in [1.165, 1.54) is 6.07 Å². The second kappa shape index (κ2) is 4.94. The number of hydrogen-bond acceptors (Lipinski definition) is 2. The lowest BCUT2D eigenvalue weighted by atomic mass is 9.80. The van der Waals surface area contributed by atoms with Gasteiger partial charge in [0.05, 0.1) is 5.69 Å². The third-order valence-electron chi connectivity index (χ3n) is 2.85. The van der Waals surface area contributed by atoms with Crippen molar-refractivity contribution in [2.24, 2.45) is 11.3 Å². The lowest BCUT2D eigenvalue weighted by Gasteiger charge is -2.27. The molecule has 0 unspecified atom stereocenters. The minimum atomic E-state index is -0.347. The quantitative estimate of drug-likeness (QED) is 0.818. The first kappa shape index (κ1) is 13.8. The molecule has 0 aliphatic heterocycles. The summed E-state index contributed by atoms with van der Waals surface area (Å²) >= 11 is 0. The van der Waals surface area contributed by atoms with E-state index in [4.69, 9.17) is 0 Å². The molecule has 0 aliphatic rings. The van der Waals surface area contributed by atoms with Crippen LogP contribution in [0.4, 0.5) is 0 Å². The van der Waals surface area contributed by atoms with E-state index in [1.54, 1.807) is 0 Å². The molecule has 1 aromatic heterocycles. The zero-order chi connectivity index (χ0) is 13.2. The number of pyridine rings is 1. The largest absolute Gasteiger partial charge is 0.425 e. The fourth-order valence-corrected chi connectivity index (χ4v) is 2.56. The Hall–Kier alpha value is -1.25. The lowest BCUT2D eigenvalue weighted by molar-refractivity contribution is 0.153. The van der Waals surface area contributed by atoms with E-state index in [2.05, 4.69) is 27.7 Å². The number of nitrogens with zero attached hydrogens (tertiary/aromatic N) is 1. The van der Waals surface area contributed by atoms with Crippen LogP contribution in [0.15, 0.2) is 16.9 Å². The highest BCUT2D eigenvalue weighted by molar-refractivity contribution is 5.16. The van der Waals surface area contributed by atoms with Crippen LogP contribution in [0.25, 0.3) is 0 Å². The Morgan fingerprint density at radius 3 is 2.47 bits per heavy atom. The van der Waals surface area contributed by atoms with Crippen LogP contribution in [0.3, 0.4) is 0 Å². The van der Waals surface area contributed by atoms with E-state index < -0.39 is 0 Å². The molecule has 96 valence electrons. The van der Waals surface area contributed by atoms with Gasteiger partial charge in [0.15, 0.2) is 0 Å². The molecule has 0 fully saturated rings. The molecule has 1 heterocycles. The maximum atomic E-state index is 11.5. The topological polar surface area (TPSA) is 42.2 Å². The molecule has 0 saturated heterocycles. The fraction of sp³-hybridized carbons (Fsp3) is 0.643. The van der Waals surface area contributed by atoms with Crippen LogP contribution in [0.5, 0.6) is 0 Å². The first-order valence-corrected chi connectivity index (χ1v) is 6.13. The number of hydrogen-bond donors (Lipinski definition) is 1. The average Bonchev–Trinajstić information content (AvgIpc) is 2.10. The van der Waals surface area contributed by atoms with Gasteiger partial charge in [-0.25, -0.2) is 0 Å². The predicted molar refractivity (Wildman–Crippen MR) is 69.6 cm³/mol. The van der Waals surface area contributed by atoms with Crippen molar-refractivity contribution in [2.45, 2.75) is 47.5 Å². The molecule has 3 nitrogen and oxygen atoms in total. The Balaban J connectivity index is 2.99. The van der Waals surface area contributed by atoms with Gasteiger partial charge < -0.3 is 5.21 Å². The van der Waals surface area contributed by atoms with Gasteiger partial charge in [0.1, 0.15) is 0 Å². The van der Waals surface area contributed by atoms with Gasteiger partial charge in [-0.05, 0) is 42.7 Å². The van der Waals surface area contributed by atoms with E-state index >= 15 is 0 Å². The molecular formula is C14H23NO2. The van der Waals surface area contributed by atoms with Crippen LogP contribution in [-0.2, 0) is 6.42 Å². The summed E-state index contributed by atoms with van der Waals surface area (Å²) in [4.78, 5) is 11.5. The highest BCUT2D eigenvalue weighted by Crippen LogP contribution is 2.29. The molecule has 0 radical (unpaired) electrons. The Bertz CT molecular complexity index is 444. The van der Waals surface area contributed by atoms with Crippen molar-refractivity contribution < 1.29 is 5.21 Å². The average molecular weight is 237 g/mol. The number of aryl methyl sites for hydroxylation is 1. The third kappa shape index (κ3) is 3.91. The van der Waals surface area contributed by atoms with E-state index in [0.717, 1.165) is 16.7 Å². The number of rotatable bonds is 4. The Kier molecular flexibility index (Phi) is 4.02. The van der Waals surface area contributed by atoms with Crippen molar-refractivity contribution in [3.8, 4) is 0 Å². The second-order valence-electron chi connectivity index (χ2n) is 6.11. The van der Waals surface area contributed by atoms with Crippen molar-refractivity contribution in [1.29, 1.82) is 0 Å². The van der Waals surface area contributed by atoms with E-state index in [0.29, 0.717) is 18.0 Å². The van der Waals surface area contributed by atoms with E-state index in [1.807, 2.05) is 13.0 Å². The normalized spacial score (nSPS) is 12.1. The van der Waals surface area contributed by atoms with E-state index in [9.17, 15) is 10.0 Å². The van der Waals surface area contributed by atoms with Gasteiger partial charge >= 0.3 is 0 Å². The van der Waals surface area contributed by atoms with Crippen LogP contribution in [0.1, 0.15) is 45.4 Å². The molecule has 1 aromatic rings. The summed E-state index contributed by atoms with van der Waals surface area (Å²) in [5.74, 6) is 0.605. The Morgan fingerprint density at radius 1 is 1.35 bits per heavy atom. The van der Waals surface area contributed by atoms with Crippen LogP contribution in [-0.4, -0.2) is 9.94 Å². The van der Waals surface area contributed by atoms with Crippen LogP contribution in [0, 0.1) is 18.3 Å². The third-order valence-corrected chi connectivity index (χ3v) is 2.85. The highest BCUT2D eigenvalue weighted by Gasteiger charge is 2.22. The second-order valence-corrected chi connectivity index (χ2v) is 6.11. The Labute approximate surface area is 103 Å². The van der Waals surface area contributed by atoms with Crippen molar-refractivity contribution in [3.63, 3.8) is 0 Å². The molecule has 0 atom stereocenters. The van der Waals surface area contributed by atoms with Gasteiger partial charge in [0.25, 0.3) is 5.56 Å². The van der Waals surface area contributed by atoms with Crippen molar-refractivity contribution in [2.75, 3.05) is 0 Å². The van der Waals surface area contributed by atoms with Gasteiger partial charge in [-0.1, -0.05) is 27.7 Å². The molecule has 0 saturated carbocycles. The number of aromatic nitrogens is 1. The molecule has 1 N–H and O–H groups in total. The summed E-state index contributed by atoms with van der Waals surface area (Å²) in [6.07, 6.45) is 1.77. The highest BCUT2D eigenvalue weighted by atomic mass is 16.5. The monoisotopic (exact) mass is 237 g/mol. The summed E-state index contributed by atoms with van der Waals surface area (Å²) in [7, 11) is 0. The molecule has 0 aliphatic carbocycles. The maximum Gasteiger partial charge on any atom is 0.283 e. The molecule has 0 bridgehead atoms. The van der Waals surface area contributed by atoms with Gasteiger partial charge in [-0.2, -0.15) is 4.73 Å². The van der Waals surface area contributed by atoms with E-state index in [-0.39, 0.29) is 11.0 Å². The first-order chi connectivity index (χ1) is 7.71. The fourth-order valence-electron chi connectivity index (χ4n) is 2.56. The molecular weight excluding hydrogens is 214 g/mol. The predicted octanol–water partition coefficient (Wildman–Crippen LogP) is 3.01. The van der Waals surface area contributed by atoms with Gasteiger partial charge in [-0.15, -0.1) is 0 Å². The smallest absolute Gasteiger partial charge is 0.283 e. The molecule has 3 heteroatoms. The molecule has 0 aromatic carbocycles. The van der Waals surface area contributed by atoms with Gasteiger partial charge in [0.2, 0.25) is 0 Å².